The van der Waals surface area contributed by atoms with Crippen LogP contribution in [0.4, 0.5) is 11.4 Å². The van der Waals surface area contributed by atoms with E-state index in [1.807, 2.05) is 0 Å². The van der Waals surface area contributed by atoms with Gasteiger partial charge >= 0.3 is 5.69 Å². The Kier molecular flexibility index (Phi) is 7.15. The average molecular weight is 465 g/mol. The molecular formula is C20H23N3O8S. The fourth-order valence-electron chi connectivity index (χ4n) is 3.22. The predicted molar refractivity (Wildman–Crippen MR) is 115 cm³/mol. The molecule has 1 amide bonds. The normalized spacial score (nSPS) is 14.1. The van der Waals surface area contributed by atoms with Gasteiger partial charge < -0.3 is 19.5 Å². The SMILES string of the molecule is COc1cc(NC(=O)COc2ccc(S(=O)(=O)N3CCCC3)cc2[N+](=O)[O-])cc(OC)c1. The van der Waals surface area contributed by atoms with E-state index >= 15 is 0 Å². The van der Waals surface area contributed by atoms with Crippen LogP contribution in [0, 0.1) is 10.1 Å². The van der Waals surface area contributed by atoms with Gasteiger partial charge in [-0.1, -0.05) is 0 Å². The molecule has 0 saturated carbocycles. The molecule has 3 rings (SSSR count). The van der Waals surface area contributed by atoms with Crippen molar-refractivity contribution in [2.45, 2.75) is 17.7 Å². The Labute approximate surface area is 185 Å². The first kappa shape index (κ1) is 23.3. The molecule has 2 aromatic carbocycles. The van der Waals surface area contributed by atoms with Crippen molar-refractivity contribution < 1.29 is 32.3 Å². The molecule has 12 heteroatoms. The maximum atomic E-state index is 12.7. The van der Waals surface area contributed by atoms with Crippen LogP contribution in [0.2, 0.25) is 0 Å². The molecule has 0 spiro atoms. The molecule has 2 aromatic rings. The summed E-state index contributed by atoms with van der Waals surface area (Å²) in [5.41, 5.74) is -0.155. The van der Waals surface area contributed by atoms with Crippen molar-refractivity contribution in [2.75, 3.05) is 39.2 Å². The molecular weight excluding hydrogens is 442 g/mol. The third kappa shape index (κ3) is 5.26. The summed E-state index contributed by atoms with van der Waals surface area (Å²) < 4.78 is 42.2. The van der Waals surface area contributed by atoms with Crippen LogP contribution in [0.5, 0.6) is 17.2 Å². The van der Waals surface area contributed by atoms with Gasteiger partial charge in [0.15, 0.2) is 12.4 Å². The number of hydrogen-bond acceptors (Lipinski definition) is 8. The van der Waals surface area contributed by atoms with Crippen LogP contribution in [-0.4, -0.2) is 57.5 Å². The molecule has 0 atom stereocenters. The fraction of sp³-hybridized carbons (Fsp3) is 0.350. The van der Waals surface area contributed by atoms with Crippen molar-refractivity contribution in [3.63, 3.8) is 0 Å². The summed E-state index contributed by atoms with van der Waals surface area (Å²) >= 11 is 0. The molecule has 32 heavy (non-hydrogen) atoms. The number of carbonyl (C=O) groups excluding carboxylic acids is 1. The molecule has 1 aliphatic rings. The first-order valence-corrected chi connectivity index (χ1v) is 11.1. The Balaban J connectivity index is 1.73. The largest absolute Gasteiger partial charge is 0.497 e. The molecule has 0 aromatic heterocycles. The van der Waals surface area contributed by atoms with Gasteiger partial charge in [-0.2, -0.15) is 4.31 Å². The molecule has 1 heterocycles. The van der Waals surface area contributed by atoms with E-state index in [1.165, 1.54) is 30.7 Å². The number of rotatable bonds is 9. The summed E-state index contributed by atoms with van der Waals surface area (Å²) in [6.07, 6.45) is 1.49. The van der Waals surface area contributed by atoms with Crippen molar-refractivity contribution in [3.8, 4) is 17.2 Å². The third-order valence-electron chi connectivity index (χ3n) is 4.82. The highest BCUT2D eigenvalue weighted by atomic mass is 32.2. The van der Waals surface area contributed by atoms with Gasteiger partial charge in [-0.25, -0.2) is 8.42 Å². The van der Waals surface area contributed by atoms with Gasteiger partial charge in [0.2, 0.25) is 10.0 Å². The van der Waals surface area contributed by atoms with E-state index in [-0.39, 0.29) is 10.6 Å². The molecule has 172 valence electrons. The Morgan fingerprint density at radius 1 is 1.09 bits per heavy atom. The number of nitrogens with zero attached hydrogens (tertiary/aromatic N) is 2. The number of nitrogens with one attached hydrogen (secondary N) is 1. The number of carbonyl (C=O) groups is 1. The zero-order valence-electron chi connectivity index (χ0n) is 17.6. The average Bonchev–Trinajstić information content (AvgIpc) is 3.33. The van der Waals surface area contributed by atoms with E-state index in [0.717, 1.165) is 18.9 Å². The molecule has 1 N–H and O–H groups in total. The van der Waals surface area contributed by atoms with Crippen LogP contribution < -0.4 is 19.5 Å². The topological polar surface area (TPSA) is 137 Å². The first-order chi connectivity index (χ1) is 15.2. The number of hydrogen-bond donors (Lipinski definition) is 1. The van der Waals surface area contributed by atoms with E-state index in [0.29, 0.717) is 30.3 Å². The number of sulfonamides is 1. The summed E-state index contributed by atoms with van der Waals surface area (Å²) in [5, 5.41) is 14.1. The van der Waals surface area contributed by atoms with E-state index in [1.54, 1.807) is 18.2 Å². The van der Waals surface area contributed by atoms with Crippen LogP contribution >= 0.6 is 0 Å². The van der Waals surface area contributed by atoms with Gasteiger partial charge in [-0.05, 0) is 25.0 Å². The van der Waals surface area contributed by atoms with Crippen LogP contribution in [0.1, 0.15) is 12.8 Å². The molecule has 0 radical (unpaired) electrons. The van der Waals surface area contributed by atoms with Crippen molar-refractivity contribution in [1.82, 2.24) is 4.31 Å². The second kappa shape index (κ2) is 9.83. The Morgan fingerprint density at radius 2 is 1.72 bits per heavy atom. The number of methoxy groups -OCH3 is 2. The quantitative estimate of drug-likeness (QED) is 0.440. The Morgan fingerprint density at radius 3 is 2.28 bits per heavy atom. The Bertz CT molecular complexity index is 1090. The fourth-order valence-corrected chi connectivity index (χ4v) is 4.76. The summed E-state index contributed by atoms with van der Waals surface area (Å²) in [6.45, 7) is 0.228. The lowest BCUT2D eigenvalue weighted by atomic mass is 10.2. The minimum absolute atomic E-state index is 0.189. The third-order valence-corrected chi connectivity index (χ3v) is 6.72. The zero-order chi connectivity index (χ0) is 23.3. The molecule has 0 bridgehead atoms. The minimum atomic E-state index is -3.83. The molecule has 1 aliphatic heterocycles. The summed E-state index contributed by atoms with van der Waals surface area (Å²) in [7, 11) is -0.889. The number of nitro benzene ring substituents is 1. The van der Waals surface area contributed by atoms with Crippen molar-refractivity contribution in [3.05, 3.63) is 46.5 Å². The highest BCUT2D eigenvalue weighted by molar-refractivity contribution is 7.89. The summed E-state index contributed by atoms with van der Waals surface area (Å²) in [5.74, 6) is 0.133. The number of amides is 1. The number of benzene rings is 2. The smallest absolute Gasteiger partial charge is 0.312 e. The number of anilines is 1. The van der Waals surface area contributed by atoms with Crippen molar-refractivity contribution in [2.24, 2.45) is 0 Å². The van der Waals surface area contributed by atoms with Gasteiger partial charge in [-0.3, -0.25) is 14.9 Å². The van der Waals surface area contributed by atoms with E-state index in [2.05, 4.69) is 5.32 Å². The van der Waals surface area contributed by atoms with Crippen LogP contribution in [0.15, 0.2) is 41.3 Å². The lowest BCUT2D eigenvalue weighted by Gasteiger charge is -2.16. The molecule has 11 nitrogen and oxygen atoms in total. The van der Waals surface area contributed by atoms with Crippen molar-refractivity contribution in [1.29, 1.82) is 0 Å². The lowest BCUT2D eigenvalue weighted by Crippen LogP contribution is -2.28. The molecule has 1 fully saturated rings. The highest BCUT2D eigenvalue weighted by Crippen LogP contribution is 2.32. The second-order valence-electron chi connectivity index (χ2n) is 6.94. The first-order valence-electron chi connectivity index (χ1n) is 9.69. The van der Waals surface area contributed by atoms with Crippen molar-refractivity contribution >= 4 is 27.3 Å². The van der Waals surface area contributed by atoms with Crippen LogP contribution in [0.3, 0.4) is 0 Å². The Hall–Kier alpha value is -3.38. The lowest BCUT2D eigenvalue weighted by molar-refractivity contribution is -0.386. The molecule has 1 saturated heterocycles. The van der Waals surface area contributed by atoms with Gasteiger partial charge in [0.25, 0.3) is 5.91 Å². The van der Waals surface area contributed by atoms with Gasteiger partial charge in [0, 0.05) is 43.0 Å². The molecule has 0 aliphatic carbocycles. The maximum Gasteiger partial charge on any atom is 0.312 e. The second-order valence-corrected chi connectivity index (χ2v) is 8.87. The number of ether oxygens (including phenoxy) is 3. The predicted octanol–water partition coefficient (Wildman–Crippen LogP) is 2.41. The molecule has 0 unspecified atom stereocenters. The van der Waals surface area contributed by atoms with Crippen LogP contribution in [-0.2, 0) is 14.8 Å². The van der Waals surface area contributed by atoms with E-state index in [4.69, 9.17) is 14.2 Å². The van der Waals surface area contributed by atoms with E-state index in [9.17, 15) is 23.3 Å². The summed E-state index contributed by atoms with van der Waals surface area (Å²) in [4.78, 5) is 22.8. The zero-order valence-corrected chi connectivity index (χ0v) is 18.4. The standard InChI is InChI=1S/C20H23N3O8S/c1-29-15-9-14(10-16(11-15)30-2)21-20(24)13-31-19-6-5-17(12-18(19)23(25)26)32(27,28)22-7-3-4-8-22/h5-6,9-12H,3-4,7-8,13H2,1-2H3,(H,21,24). The monoisotopic (exact) mass is 465 g/mol. The maximum absolute atomic E-state index is 12.7. The summed E-state index contributed by atoms with van der Waals surface area (Å²) in [6, 6.07) is 8.15. The van der Waals surface area contributed by atoms with E-state index < -0.39 is 33.1 Å². The van der Waals surface area contributed by atoms with Gasteiger partial charge in [0.05, 0.1) is 24.0 Å². The van der Waals surface area contributed by atoms with Gasteiger partial charge in [-0.15, -0.1) is 0 Å². The van der Waals surface area contributed by atoms with Gasteiger partial charge in [0.1, 0.15) is 11.5 Å². The minimum Gasteiger partial charge on any atom is -0.497 e. The number of nitro groups is 1. The highest BCUT2D eigenvalue weighted by Gasteiger charge is 2.30. The van der Waals surface area contributed by atoms with Crippen LogP contribution in [0.25, 0.3) is 0 Å².